The third kappa shape index (κ3) is 4.06. The Kier molecular flexibility index (Phi) is 5.53. The van der Waals surface area contributed by atoms with Gasteiger partial charge in [0.05, 0.1) is 17.8 Å². The van der Waals surface area contributed by atoms with Gasteiger partial charge in [-0.1, -0.05) is 15.9 Å². The number of carbonyl (C=O) groups excluding carboxylic acids is 4. The fourth-order valence-electron chi connectivity index (χ4n) is 4.20. The largest absolute Gasteiger partial charge is 0.484 e. The van der Waals surface area contributed by atoms with E-state index in [1.54, 1.807) is 52.3 Å². The molecule has 2 fully saturated rings. The lowest BCUT2D eigenvalue weighted by Crippen LogP contribution is -2.60. The maximum atomic E-state index is 13.0. The van der Waals surface area contributed by atoms with E-state index in [9.17, 15) is 19.2 Å². The Morgan fingerprint density at radius 2 is 1.85 bits per heavy atom. The van der Waals surface area contributed by atoms with Crippen LogP contribution in [0.3, 0.4) is 0 Å². The summed E-state index contributed by atoms with van der Waals surface area (Å²) in [5.41, 5.74) is 1.69. The van der Waals surface area contributed by atoms with Crippen molar-refractivity contribution in [1.29, 1.82) is 0 Å². The Bertz CT molecular complexity index is 1150. The molecule has 2 aromatic carbocycles. The standard InChI is InChI=1S/C23H21BrN4O5/c24-14-1-6-18-17(11-14)23(32)28-10-9-26(12-19(28)22(31)25-18)21(30)13-33-16-4-2-15(3-5-16)27-8-7-20(27)29/h1-6,11,19H,7-10,12-13H2,(H,25,31). The average molecular weight is 513 g/mol. The van der Waals surface area contributed by atoms with Crippen molar-refractivity contribution in [3.63, 3.8) is 0 Å². The van der Waals surface area contributed by atoms with Crippen LogP contribution in [0.15, 0.2) is 46.9 Å². The molecule has 9 nitrogen and oxygen atoms in total. The Morgan fingerprint density at radius 1 is 1.06 bits per heavy atom. The fraction of sp³-hybridized carbons (Fsp3) is 0.304. The van der Waals surface area contributed by atoms with Crippen LogP contribution < -0.4 is 15.0 Å². The minimum atomic E-state index is -0.769. The highest BCUT2D eigenvalue weighted by molar-refractivity contribution is 9.10. The molecule has 3 aliphatic heterocycles. The summed E-state index contributed by atoms with van der Waals surface area (Å²) in [6.45, 7) is 1.20. The SMILES string of the molecule is O=C1Nc2ccc(Br)cc2C(=O)N2CCN(C(=O)COc3ccc(N4CCC4=O)cc3)CC12. The van der Waals surface area contributed by atoms with E-state index in [2.05, 4.69) is 21.2 Å². The van der Waals surface area contributed by atoms with Gasteiger partial charge in [-0.25, -0.2) is 0 Å². The molecule has 4 amide bonds. The molecule has 170 valence electrons. The molecular formula is C23H21BrN4O5. The summed E-state index contributed by atoms with van der Waals surface area (Å²) in [6.07, 6.45) is 0.564. The molecule has 0 spiro atoms. The lowest BCUT2D eigenvalue weighted by atomic mass is 10.1. The minimum absolute atomic E-state index is 0.0924. The molecule has 1 atom stereocenters. The van der Waals surface area contributed by atoms with Crippen LogP contribution in [0.4, 0.5) is 11.4 Å². The first-order chi connectivity index (χ1) is 15.9. The number of hydrogen-bond acceptors (Lipinski definition) is 5. The number of halogens is 1. The summed E-state index contributed by atoms with van der Waals surface area (Å²) in [5, 5.41) is 2.80. The maximum absolute atomic E-state index is 13.0. The fourth-order valence-corrected chi connectivity index (χ4v) is 4.56. The Labute approximate surface area is 198 Å². The molecule has 0 aliphatic carbocycles. The molecule has 2 saturated heterocycles. The van der Waals surface area contributed by atoms with E-state index in [1.807, 2.05) is 0 Å². The van der Waals surface area contributed by atoms with Crippen LogP contribution in [0.25, 0.3) is 0 Å². The number of hydrogen-bond donors (Lipinski definition) is 1. The lowest BCUT2D eigenvalue weighted by molar-refractivity contribution is -0.137. The number of anilines is 2. The number of nitrogens with one attached hydrogen (secondary N) is 1. The van der Waals surface area contributed by atoms with Gasteiger partial charge in [0.1, 0.15) is 11.8 Å². The Balaban J connectivity index is 1.21. The topological polar surface area (TPSA) is 99.3 Å². The Hall–Kier alpha value is -3.40. The molecule has 2 aromatic rings. The number of ether oxygens (including phenoxy) is 1. The summed E-state index contributed by atoms with van der Waals surface area (Å²) < 4.78 is 6.37. The summed E-state index contributed by atoms with van der Waals surface area (Å²) in [6, 6.07) is 11.4. The second-order valence-electron chi connectivity index (χ2n) is 8.11. The smallest absolute Gasteiger partial charge is 0.260 e. The van der Waals surface area contributed by atoms with Crippen molar-refractivity contribution in [2.45, 2.75) is 12.5 Å². The van der Waals surface area contributed by atoms with Gasteiger partial charge in [-0.05, 0) is 42.5 Å². The van der Waals surface area contributed by atoms with E-state index in [4.69, 9.17) is 4.74 Å². The minimum Gasteiger partial charge on any atom is -0.484 e. The number of rotatable bonds is 4. The van der Waals surface area contributed by atoms with E-state index in [0.29, 0.717) is 36.5 Å². The van der Waals surface area contributed by atoms with Gasteiger partial charge in [0, 0.05) is 36.2 Å². The first-order valence-corrected chi connectivity index (χ1v) is 11.4. The third-order valence-electron chi connectivity index (χ3n) is 6.13. The summed E-state index contributed by atoms with van der Waals surface area (Å²) in [7, 11) is 0. The van der Waals surface area contributed by atoms with Gasteiger partial charge >= 0.3 is 0 Å². The van der Waals surface area contributed by atoms with Gasteiger partial charge in [-0.15, -0.1) is 0 Å². The monoisotopic (exact) mass is 512 g/mol. The van der Waals surface area contributed by atoms with Gasteiger partial charge in [0.2, 0.25) is 11.8 Å². The molecule has 5 rings (SSSR count). The van der Waals surface area contributed by atoms with Gasteiger partial charge in [-0.2, -0.15) is 0 Å². The number of piperazine rings is 1. The van der Waals surface area contributed by atoms with Crippen molar-refractivity contribution in [2.75, 3.05) is 43.0 Å². The average Bonchev–Trinajstić information content (AvgIpc) is 2.91. The second-order valence-corrected chi connectivity index (χ2v) is 9.03. The predicted molar refractivity (Wildman–Crippen MR) is 123 cm³/mol. The highest BCUT2D eigenvalue weighted by atomic mass is 79.9. The van der Waals surface area contributed by atoms with E-state index in [0.717, 1.165) is 10.2 Å². The zero-order valence-electron chi connectivity index (χ0n) is 17.6. The molecule has 1 N–H and O–H groups in total. The van der Waals surface area contributed by atoms with E-state index >= 15 is 0 Å². The molecule has 1 unspecified atom stereocenters. The van der Waals surface area contributed by atoms with Crippen LogP contribution >= 0.6 is 15.9 Å². The molecule has 0 aromatic heterocycles. The zero-order valence-corrected chi connectivity index (χ0v) is 19.2. The van der Waals surface area contributed by atoms with Crippen LogP contribution in [0.2, 0.25) is 0 Å². The number of amides is 4. The highest BCUT2D eigenvalue weighted by Crippen LogP contribution is 2.28. The molecule has 0 radical (unpaired) electrons. The van der Waals surface area contributed by atoms with Crippen molar-refractivity contribution in [1.82, 2.24) is 9.80 Å². The molecule has 0 saturated carbocycles. The molecular weight excluding hydrogens is 492 g/mol. The number of fused-ring (bicyclic) bond motifs is 2. The van der Waals surface area contributed by atoms with Crippen molar-refractivity contribution >= 4 is 50.9 Å². The van der Waals surface area contributed by atoms with Gasteiger partial charge in [0.25, 0.3) is 11.8 Å². The second kappa shape index (κ2) is 8.51. The number of nitrogens with zero attached hydrogens (tertiary/aromatic N) is 3. The third-order valence-corrected chi connectivity index (χ3v) is 6.62. The first kappa shape index (κ1) is 21.4. The van der Waals surface area contributed by atoms with Gasteiger partial charge in [-0.3, -0.25) is 19.2 Å². The van der Waals surface area contributed by atoms with Crippen molar-refractivity contribution < 1.29 is 23.9 Å². The Morgan fingerprint density at radius 3 is 2.55 bits per heavy atom. The van der Waals surface area contributed by atoms with Crippen LogP contribution in [0, 0.1) is 0 Å². The van der Waals surface area contributed by atoms with Crippen LogP contribution in [-0.4, -0.2) is 72.3 Å². The quantitative estimate of drug-likeness (QED) is 0.630. The first-order valence-electron chi connectivity index (χ1n) is 10.6. The predicted octanol–water partition coefficient (Wildman–Crippen LogP) is 1.87. The highest BCUT2D eigenvalue weighted by Gasteiger charge is 2.40. The van der Waals surface area contributed by atoms with Gasteiger partial charge in [0.15, 0.2) is 6.61 Å². The molecule has 33 heavy (non-hydrogen) atoms. The number of carbonyl (C=O) groups is 4. The van der Waals surface area contributed by atoms with Crippen molar-refractivity contribution in [3.05, 3.63) is 52.5 Å². The van der Waals surface area contributed by atoms with E-state index in [1.165, 1.54) is 4.90 Å². The van der Waals surface area contributed by atoms with Crippen LogP contribution in [0.5, 0.6) is 5.75 Å². The van der Waals surface area contributed by atoms with Crippen molar-refractivity contribution in [2.24, 2.45) is 0 Å². The zero-order chi connectivity index (χ0) is 23.1. The molecule has 3 heterocycles. The normalized spacial score (nSPS) is 19.8. The van der Waals surface area contributed by atoms with E-state index < -0.39 is 6.04 Å². The van der Waals surface area contributed by atoms with Crippen molar-refractivity contribution in [3.8, 4) is 5.75 Å². The van der Waals surface area contributed by atoms with Crippen LogP contribution in [0.1, 0.15) is 16.8 Å². The molecule has 10 heteroatoms. The summed E-state index contributed by atoms with van der Waals surface area (Å²) in [4.78, 5) is 54.9. The summed E-state index contributed by atoms with van der Waals surface area (Å²) in [5.74, 6) is -0.212. The maximum Gasteiger partial charge on any atom is 0.260 e. The number of β-lactam (4-membered cyclic amide) rings is 1. The lowest BCUT2D eigenvalue weighted by Gasteiger charge is -2.39. The van der Waals surface area contributed by atoms with Crippen LogP contribution in [-0.2, 0) is 14.4 Å². The number of benzene rings is 2. The molecule has 3 aliphatic rings. The molecule has 0 bridgehead atoms. The summed E-state index contributed by atoms with van der Waals surface area (Å²) >= 11 is 3.36. The van der Waals surface area contributed by atoms with Gasteiger partial charge < -0.3 is 24.8 Å². The van der Waals surface area contributed by atoms with E-state index in [-0.39, 0.29) is 43.3 Å².